The Bertz CT molecular complexity index is 835. The lowest BCUT2D eigenvalue weighted by atomic mass is 9.96. The van der Waals surface area contributed by atoms with E-state index in [0.29, 0.717) is 19.7 Å². The molecule has 3 rings (SSSR count). The largest absolute Gasteiger partial charge is 0.497 e. The van der Waals surface area contributed by atoms with Crippen molar-refractivity contribution >= 4 is 17.7 Å². The summed E-state index contributed by atoms with van der Waals surface area (Å²) in [6, 6.07) is 15.5. The number of methoxy groups -OCH3 is 1. The molecule has 0 radical (unpaired) electrons. The van der Waals surface area contributed by atoms with E-state index in [2.05, 4.69) is 5.32 Å². The maximum Gasteiger partial charge on any atom is 0.409 e. The molecule has 0 aliphatic carbocycles. The third-order valence-electron chi connectivity index (χ3n) is 5.07. The summed E-state index contributed by atoms with van der Waals surface area (Å²) in [5, 5.41) is 3.06. The zero-order valence-electron chi connectivity index (χ0n) is 17.0. The Morgan fingerprint density at radius 3 is 2.62 bits per heavy atom. The number of ether oxygens (including phenoxy) is 2. The van der Waals surface area contributed by atoms with Crippen molar-refractivity contribution in [2.45, 2.75) is 26.2 Å². The molecule has 0 bridgehead atoms. The van der Waals surface area contributed by atoms with Crippen LogP contribution in [0.1, 0.15) is 26.2 Å². The molecule has 6 nitrogen and oxygen atoms in total. The van der Waals surface area contributed by atoms with E-state index in [1.807, 2.05) is 55.5 Å². The van der Waals surface area contributed by atoms with Crippen LogP contribution in [0.2, 0.25) is 0 Å². The standard InChI is InChI=1S/C23H28N2O4/c1-3-15-29-23(27)25-14-6-7-18(16-25)22(26)24-21-9-5-4-8-20(21)17-10-12-19(28-2)13-11-17/h4-5,8-13,18H,3,6-7,14-16H2,1-2H3,(H,24,26)/t18-/m0/s1. The summed E-state index contributed by atoms with van der Waals surface area (Å²) in [5.41, 5.74) is 2.70. The zero-order chi connectivity index (χ0) is 20.6. The number of carbonyl (C=O) groups excluding carboxylic acids is 2. The van der Waals surface area contributed by atoms with E-state index in [-0.39, 0.29) is 17.9 Å². The number of hydrogen-bond donors (Lipinski definition) is 1. The van der Waals surface area contributed by atoms with Crippen LogP contribution in [0.5, 0.6) is 5.75 Å². The molecule has 6 heteroatoms. The van der Waals surface area contributed by atoms with Gasteiger partial charge in [0.1, 0.15) is 5.75 Å². The highest BCUT2D eigenvalue weighted by atomic mass is 16.6. The van der Waals surface area contributed by atoms with Crippen molar-refractivity contribution < 1.29 is 19.1 Å². The number of carbonyl (C=O) groups is 2. The number of nitrogens with one attached hydrogen (secondary N) is 1. The highest BCUT2D eigenvalue weighted by Crippen LogP contribution is 2.30. The topological polar surface area (TPSA) is 67.9 Å². The highest BCUT2D eigenvalue weighted by molar-refractivity contribution is 5.97. The number of para-hydroxylation sites is 1. The van der Waals surface area contributed by atoms with E-state index in [9.17, 15) is 9.59 Å². The summed E-state index contributed by atoms with van der Waals surface area (Å²) in [6.07, 6.45) is 2.00. The molecule has 1 aliphatic rings. The maximum atomic E-state index is 12.9. The van der Waals surface area contributed by atoms with E-state index in [4.69, 9.17) is 9.47 Å². The number of nitrogens with zero attached hydrogens (tertiary/aromatic N) is 1. The Morgan fingerprint density at radius 2 is 1.90 bits per heavy atom. The molecule has 0 aromatic heterocycles. The number of anilines is 1. The van der Waals surface area contributed by atoms with Crippen molar-refractivity contribution in [1.29, 1.82) is 0 Å². The van der Waals surface area contributed by atoms with Crippen LogP contribution in [0.4, 0.5) is 10.5 Å². The second-order valence-corrected chi connectivity index (χ2v) is 7.16. The van der Waals surface area contributed by atoms with Crippen LogP contribution in [-0.4, -0.2) is 43.7 Å². The lowest BCUT2D eigenvalue weighted by Crippen LogP contribution is -2.44. The van der Waals surface area contributed by atoms with E-state index in [1.165, 1.54) is 0 Å². The number of likely N-dealkylation sites (tertiary alicyclic amines) is 1. The second-order valence-electron chi connectivity index (χ2n) is 7.16. The molecule has 154 valence electrons. The van der Waals surface area contributed by atoms with Gasteiger partial charge < -0.3 is 19.7 Å². The van der Waals surface area contributed by atoms with Gasteiger partial charge in [0.2, 0.25) is 5.91 Å². The van der Waals surface area contributed by atoms with Crippen LogP contribution < -0.4 is 10.1 Å². The molecule has 2 amide bonds. The van der Waals surface area contributed by atoms with Crippen molar-refractivity contribution in [3.05, 3.63) is 48.5 Å². The van der Waals surface area contributed by atoms with Crippen LogP contribution in [0.15, 0.2) is 48.5 Å². The smallest absolute Gasteiger partial charge is 0.409 e. The lowest BCUT2D eigenvalue weighted by molar-refractivity contribution is -0.121. The number of piperidine rings is 1. The molecule has 2 aromatic carbocycles. The van der Waals surface area contributed by atoms with E-state index >= 15 is 0 Å². The fourth-order valence-electron chi connectivity index (χ4n) is 3.49. The Morgan fingerprint density at radius 1 is 1.14 bits per heavy atom. The Kier molecular flexibility index (Phi) is 7.11. The normalized spacial score (nSPS) is 16.2. The van der Waals surface area contributed by atoms with Crippen LogP contribution >= 0.6 is 0 Å². The van der Waals surface area contributed by atoms with E-state index in [1.54, 1.807) is 12.0 Å². The summed E-state index contributed by atoms with van der Waals surface area (Å²) >= 11 is 0. The van der Waals surface area contributed by atoms with Crippen molar-refractivity contribution in [3.8, 4) is 16.9 Å². The van der Waals surface area contributed by atoms with Crippen LogP contribution in [0.3, 0.4) is 0 Å². The molecular formula is C23H28N2O4. The first-order chi connectivity index (χ1) is 14.1. The lowest BCUT2D eigenvalue weighted by Gasteiger charge is -2.31. The van der Waals surface area contributed by atoms with Gasteiger partial charge in [0.05, 0.1) is 19.6 Å². The number of benzene rings is 2. The van der Waals surface area contributed by atoms with E-state index in [0.717, 1.165) is 41.8 Å². The van der Waals surface area contributed by atoms with Crippen molar-refractivity contribution in [2.75, 3.05) is 32.1 Å². The average molecular weight is 396 g/mol. The summed E-state index contributed by atoms with van der Waals surface area (Å²) in [6.45, 7) is 3.38. The maximum absolute atomic E-state index is 12.9. The SMILES string of the molecule is CCCOC(=O)N1CCC[C@H](C(=O)Nc2ccccc2-c2ccc(OC)cc2)C1. The zero-order valence-corrected chi connectivity index (χ0v) is 17.0. The van der Waals surface area contributed by atoms with Crippen molar-refractivity contribution in [3.63, 3.8) is 0 Å². The van der Waals surface area contributed by atoms with Gasteiger partial charge in [-0.05, 0) is 43.0 Å². The van der Waals surface area contributed by atoms with Gasteiger partial charge in [0.25, 0.3) is 0 Å². The second kappa shape index (κ2) is 9.96. The quantitative estimate of drug-likeness (QED) is 0.777. The molecule has 2 aromatic rings. The van der Waals surface area contributed by atoms with Crippen molar-refractivity contribution in [1.82, 2.24) is 4.90 Å². The Balaban J connectivity index is 1.69. The van der Waals surface area contributed by atoms with Gasteiger partial charge in [-0.1, -0.05) is 37.3 Å². The number of hydrogen-bond acceptors (Lipinski definition) is 4. The Hall–Kier alpha value is -3.02. The van der Waals surface area contributed by atoms with Gasteiger partial charge in [-0.3, -0.25) is 4.79 Å². The molecule has 1 saturated heterocycles. The predicted molar refractivity (Wildman–Crippen MR) is 113 cm³/mol. The van der Waals surface area contributed by atoms with Gasteiger partial charge in [0, 0.05) is 24.3 Å². The predicted octanol–water partition coefficient (Wildman–Crippen LogP) is 4.56. The minimum Gasteiger partial charge on any atom is -0.497 e. The summed E-state index contributed by atoms with van der Waals surface area (Å²) < 4.78 is 10.4. The first-order valence-corrected chi connectivity index (χ1v) is 10.1. The molecule has 0 unspecified atom stereocenters. The third-order valence-corrected chi connectivity index (χ3v) is 5.07. The number of rotatable bonds is 6. The molecule has 1 atom stereocenters. The van der Waals surface area contributed by atoms with Gasteiger partial charge in [-0.2, -0.15) is 0 Å². The molecule has 0 spiro atoms. The average Bonchev–Trinajstić information content (AvgIpc) is 2.78. The molecule has 1 fully saturated rings. The van der Waals surface area contributed by atoms with Crippen LogP contribution in [0.25, 0.3) is 11.1 Å². The highest BCUT2D eigenvalue weighted by Gasteiger charge is 2.29. The minimum absolute atomic E-state index is 0.0704. The molecular weight excluding hydrogens is 368 g/mol. The first-order valence-electron chi connectivity index (χ1n) is 10.1. The van der Waals surface area contributed by atoms with Gasteiger partial charge >= 0.3 is 6.09 Å². The van der Waals surface area contributed by atoms with E-state index < -0.39 is 0 Å². The fraction of sp³-hybridized carbons (Fsp3) is 0.391. The van der Waals surface area contributed by atoms with Crippen LogP contribution in [0, 0.1) is 5.92 Å². The first kappa shape index (κ1) is 20.7. The summed E-state index contributed by atoms with van der Waals surface area (Å²) in [5.74, 6) is 0.466. The third kappa shape index (κ3) is 5.28. The summed E-state index contributed by atoms with van der Waals surface area (Å²) in [7, 11) is 1.63. The monoisotopic (exact) mass is 396 g/mol. The minimum atomic E-state index is -0.331. The number of amides is 2. The van der Waals surface area contributed by atoms with Gasteiger partial charge in [0.15, 0.2) is 0 Å². The molecule has 1 aliphatic heterocycles. The molecule has 1 heterocycles. The fourth-order valence-corrected chi connectivity index (χ4v) is 3.49. The van der Waals surface area contributed by atoms with Gasteiger partial charge in [-0.25, -0.2) is 4.79 Å². The molecule has 1 N–H and O–H groups in total. The summed E-state index contributed by atoms with van der Waals surface area (Å²) in [4.78, 5) is 26.7. The van der Waals surface area contributed by atoms with Gasteiger partial charge in [-0.15, -0.1) is 0 Å². The van der Waals surface area contributed by atoms with Crippen LogP contribution in [-0.2, 0) is 9.53 Å². The molecule has 0 saturated carbocycles. The molecule has 29 heavy (non-hydrogen) atoms. The van der Waals surface area contributed by atoms with Crippen molar-refractivity contribution in [2.24, 2.45) is 5.92 Å². The Labute approximate surface area is 171 Å².